The van der Waals surface area contributed by atoms with Crippen molar-refractivity contribution in [2.24, 2.45) is 0 Å². The van der Waals surface area contributed by atoms with E-state index >= 15 is 0 Å². The molecule has 0 bridgehead atoms. The summed E-state index contributed by atoms with van der Waals surface area (Å²) in [4.78, 5) is 13.2. The van der Waals surface area contributed by atoms with Gasteiger partial charge < -0.3 is 15.0 Å². The summed E-state index contributed by atoms with van der Waals surface area (Å²) in [6, 6.07) is 15.3. The molecule has 2 aromatic carbocycles. The maximum Gasteiger partial charge on any atom is 0.161 e. The molecular formula is C25H26ClFN4OS. The van der Waals surface area contributed by atoms with Crippen LogP contribution in [0.3, 0.4) is 0 Å². The number of ether oxygens (including phenoxy) is 1. The molecule has 2 heterocycles. The van der Waals surface area contributed by atoms with Gasteiger partial charge in [0.05, 0.1) is 28.7 Å². The fourth-order valence-corrected chi connectivity index (χ4v) is 5.51. The predicted octanol–water partition coefficient (Wildman–Crippen LogP) is 5.99. The van der Waals surface area contributed by atoms with Gasteiger partial charge in [0.25, 0.3) is 0 Å². The molecule has 33 heavy (non-hydrogen) atoms. The second kappa shape index (κ2) is 9.49. The van der Waals surface area contributed by atoms with E-state index in [0.29, 0.717) is 13.2 Å². The molecule has 0 unspecified atom stereocenters. The van der Waals surface area contributed by atoms with Crippen LogP contribution in [0.15, 0.2) is 53.4 Å². The molecule has 172 valence electrons. The Bertz CT molecular complexity index is 1130. The summed E-state index contributed by atoms with van der Waals surface area (Å²) in [6.45, 7) is 5.96. The third-order valence-electron chi connectivity index (χ3n) is 5.95. The maximum atomic E-state index is 13.7. The van der Waals surface area contributed by atoms with Crippen molar-refractivity contribution < 1.29 is 9.13 Å². The van der Waals surface area contributed by atoms with Gasteiger partial charge in [0.15, 0.2) is 5.82 Å². The standard InChI is InChI=1S/C25H26ClFN4OS/c1-2-28-18-5-3-17(4-6-18)24-29-22(16-23(30-24)31-11-13-32-14-12-31)25(9-10-25)33-19-7-8-21(27)20(26)15-19/h3-8,15-16,28H,2,9-14H2,1H3. The van der Waals surface area contributed by atoms with Gasteiger partial charge in [0, 0.05) is 41.8 Å². The third-order valence-corrected chi connectivity index (χ3v) is 7.73. The van der Waals surface area contributed by atoms with E-state index in [1.54, 1.807) is 23.9 Å². The second-order valence-electron chi connectivity index (χ2n) is 8.31. The van der Waals surface area contributed by atoms with Crippen molar-refractivity contribution in [1.82, 2.24) is 9.97 Å². The largest absolute Gasteiger partial charge is 0.385 e. The quantitative estimate of drug-likeness (QED) is 0.444. The number of halogens is 2. The van der Waals surface area contributed by atoms with Crippen LogP contribution in [0.25, 0.3) is 11.4 Å². The van der Waals surface area contributed by atoms with Crippen LogP contribution in [0.2, 0.25) is 5.02 Å². The number of anilines is 2. The normalized spacial score (nSPS) is 17.1. The first kappa shape index (κ1) is 22.4. The lowest BCUT2D eigenvalue weighted by Gasteiger charge is -2.29. The molecule has 0 amide bonds. The average Bonchev–Trinajstić information content (AvgIpc) is 3.63. The van der Waals surface area contributed by atoms with Crippen LogP contribution in [0, 0.1) is 5.82 Å². The summed E-state index contributed by atoms with van der Waals surface area (Å²) < 4.78 is 19.1. The smallest absolute Gasteiger partial charge is 0.161 e. The molecule has 1 aromatic heterocycles. The van der Waals surface area contributed by atoms with Gasteiger partial charge in [-0.1, -0.05) is 11.6 Å². The molecule has 5 rings (SSSR count). The van der Waals surface area contributed by atoms with Gasteiger partial charge in [0.1, 0.15) is 11.6 Å². The minimum absolute atomic E-state index is 0.147. The lowest BCUT2D eigenvalue weighted by molar-refractivity contribution is 0.122. The molecule has 1 aliphatic heterocycles. The number of rotatable bonds is 7. The highest BCUT2D eigenvalue weighted by Crippen LogP contribution is 2.59. The number of nitrogens with one attached hydrogen (secondary N) is 1. The van der Waals surface area contributed by atoms with Crippen molar-refractivity contribution in [3.63, 3.8) is 0 Å². The highest BCUT2D eigenvalue weighted by molar-refractivity contribution is 8.00. The summed E-state index contributed by atoms with van der Waals surface area (Å²) >= 11 is 7.75. The summed E-state index contributed by atoms with van der Waals surface area (Å²) in [5.41, 5.74) is 3.07. The van der Waals surface area contributed by atoms with Crippen LogP contribution < -0.4 is 10.2 Å². The SMILES string of the molecule is CCNc1ccc(-c2nc(N3CCOCC3)cc(C3(Sc4ccc(F)c(Cl)c4)CC3)n2)cc1. The number of benzene rings is 2. The molecule has 2 fully saturated rings. The van der Waals surface area contributed by atoms with E-state index in [9.17, 15) is 4.39 Å². The zero-order valence-electron chi connectivity index (χ0n) is 18.5. The first-order chi connectivity index (χ1) is 16.1. The van der Waals surface area contributed by atoms with E-state index in [4.69, 9.17) is 26.3 Å². The van der Waals surface area contributed by atoms with E-state index in [0.717, 1.165) is 66.0 Å². The molecule has 8 heteroatoms. The van der Waals surface area contributed by atoms with Crippen molar-refractivity contribution in [3.05, 3.63) is 65.1 Å². The Morgan fingerprint density at radius 1 is 1.09 bits per heavy atom. The minimum Gasteiger partial charge on any atom is -0.385 e. The molecule has 0 spiro atoms. The summed E-state index contributed by atoms with van der Waals surface area (Å²) in [5, 5.41) is 3.47. The second-order valence-corrected chi connectivity index (χ2v) is 10.2. The van der Waals surface area contributed by atoms with Gasteiger partial charge in [-0.15, -0.1) is 11.8 Å². The maximum absolute atomic E-state index is 13.7. The lowest BCUT2D eigenvalue weighted by Crippen LogP contribution is -2.37. The molecule has 5 nitrogen and oxygen atoms in total. The van der Waals surface area contributed by atoms with Crippen molar-refractivity contribution >= 4 is 34.9 Å². The third kappa shape index (κ3) is 4.95. The van der Waals surface area contributed by atoms with Crippen LogP contribution in [-0.4, -0.2) is 42.8 Å². The van der Waals surface area contributed by atoms with E-state index in [-0.39, 0.29) is 9.77 Å². The minimum atomic E-state index is -0.397. The number of aromatic nitrogens is 2. The average molecular weight is 485 g/mol. The van der Waals surface area contributed by atoms with Gasteiger partial charge in [-0.2, -0.15) is 0 Å². The fourth-order valence-electron chi connectivity index (χ4n) is 3.98. The van der Waals surface area contributed by atoms with Gasteiger partial charge in [-0.05, 0) is 62.2 Å². The van der Waals surface area contributed by atoms with Gasteiger partial charge >= 0.3 is 0 Å². The topological polar surface area (TPSA) is 50.3 Å². The number of hydrogen-bond donors (Lipinski definition) is 1. The molecule has 2 aliphatic rings. The van der Waals surface area contributed by atoms with Crippen molar-refractivity contribution in [1.29, 1.82) is 0 Å². The molecular weight excluding hydrogens is 459 g/mol. The molecule has 1 aliphatic carbocycles. The van der Waals surface area contributed by atoms with Crippen LogP contribution >= 0.6 is 23.4 Å². The van der Waals surface area contributed by atoms with Crippen LogP contribution in [0.5, 0.6) is 0 Å². The van der Waals surface area contributed by atoms with Crippen molar-refractivity contribution in [3.8, 4) is 11.4 Å². The van der Waals surface area contributed by atoms with E-state index in [1.165, 1.54) is 6.07 Å². The Hall–Kier alpha value is -2.35. The first-order valence-electron chi connectivity index (χ1n) is 11.3. The predicted molar refractivity (Wildman–Crippen MR) is 133 cm³/mol. The monoisotopic (exact) mass is 484 g/mol. The Kier molecular flexibility index (Phi) is 6.45. The number of nitrogens with zero attached hydrogens (tertiary/aromatic N) is 3. The van der Waals surface area contributed by atoms with Crippen LogP contribution in [0.4, 0.5) is 15.9 Å². The summed E-state index contributed by atoms with van der Waals surface area (Å²) in [6.07, 6.45) is 2.01. The summed E-state index contributed by atoms with van der Waals surface area (Å²) in [7, 11) is 0. The lowest BCUT2D eigenvalue weighted by atomic mass is 10.1. The molecule has 1 saturated heterocycles. The van der Waals surface area contributed by atoms with Crippen molar-refractivity contribution in [2.75, 3.05) is 43.1 Å². The van der Waals surface area contributed by atoms with Gasteiger partial charge in [0.2, 0.25) is 0 Å². The Labute approximate surface area is 202 Å². The Morgan fingerprint density at radius 3 is 2.52 bits per heavy atom. The Morgan fingerprint density at radius 2 is 1.85 bits per heavy atom. The molecule has 1 N–H and O–H groups in total. The highest BCUT2D eigenvalue weighted by Gasteiger charge is 2.47. The Balaban J connectivity index is 1.51. The summed E-state index contributed by atoms with van der Waals surface area (Å²) in [5.74, 6) is 1.25. The first-order valence-corrected chi connectivity index (χ1v) is 12.5. The van der Waals surface area contributed by atoms with E-state index in [1.807, 2.05) is 0 Å². The zero-order chi connectivity index (χ0) is 22.8. The highest BCUT2D eigenvalue weighted by atomic mass is 35.5. The van der Waals surface area contributed by atoms with Crippen LogP contribution in [-0.2, 0) is 9.48 Å². The van der Waals surface area contributed by atoms with E-state index in [2.05, 4.69) is 47.5 Å². The van der Waals surface area contributed by atoms with Gasteiger partial charge in [-0.25, -0.2) is 14.4 Å². The fraction of sp³-hybridized carbons (Fsp3) is 0.360. The number of hydrogen-bond acceptors (Lipinski definition) is 6. The molecule has 3 aromatic rings. The zero-order valence-corrected chi connectivity index (χ0v) is 20.1. The van der Waals surface area contributed by atoms with Crippen LogP contribution in [0.1, 0.15) is 25.5 Å². The van der Waals surface area contributed by atoms with Gasteiger partial charge in [-0.3, -0.25) is 0 Å². The van der Waals surface area contributed by atoms with Crippen molar-refractivity contribution in [2.45, 2.75) is 29.4 Å². The number of thioether (sulfide) groups is 1. The molecule has 1 saturated carbocycles. The van der Waals surface area contributed by atoms with E-state index < -0.39 is 5.82 Å². The number of morpholine rings is 1. The molecule has 0 atom stereocenters. The molecule has 0 radical (unpaired) electrons.